The first kappa shape index (κ1) is 15.2. The van der Waals surface area contributed by atoms with Crippen molar-refractivity contribution in [1.82, 2.24) is 15.1 Å². The minimum absolute atomic E-state index is 0.118. The Morgan fingerprint density at radius 2 is 2.00 bits per heavy atom. The molecule has 2 aromatic heterocycles. The second-order valence-electron chi connectivity index (χ2n) is 4.74. The number of hydrogen-bond donors (Lipinski definition) is 1. The third kappa shape index (κ3) is 3.24. The van der Waals surface area contributed by atoms with Gasteiger partial charge in [0.25, 0.3) is 5.89 Å². The summed E-state index contributed by atoms with van der Waals surface area (Å²) in [7, 11) is 0. The zero-order valence-corrected chi connectivity index (χ0v) is 11.9. The SMILES string of the molecule is Cc1nc2ccc(OC(F)(F)F)cc2cc1-c1nc(CN)no1. The molecule has 0 aliphatic carbocycles. The number of fused-ring (bicyclic) bond motifs is 1. The molecule has 6 nitrogen and oxygen atoms in total. The largest absolute Gasteiger partial charge is 0.573 e. The van der Waals surface area contributed by atoms with Crippen molar-refractivity contribution in [3.63, 3.8) is 0 Å². The van der Waals surface area contributed by atoms with Gasteiger partial charge in [-0.1, -0.05) is 5.16 Å². The third-order valence-electron chi connectivity index (χ3n) is 3.09. The molecule has 0 atom stereocenters. The van der Waals surface area contributed by atoms with E-state index >= 15 is 0 Å². The summed E-state index contributed by atoms with van der Waals surface area (Å²) in [5, 5.41) is 4.14. The lowest BCUT2D eigenvalue weighted by Gasteiger charge is -2.10. The van der Waals surface area contributed by atoms with Crippen LogP contribution in [0.4, 0.5) is 13.2 Å². The van der Waals surface area contributed by atoms with Crippen LogP contribution in [-0.4, -0.2) is 21.5 Å². The minimum Gasteiger partial charge on any atom is -0.406 e. The van der Waals surface area contributed by atoms with Crippen molar-refractivity contribution in [2.45, 2.75) is 19.8 Å². The number of nitrogens with zero attached hydrogens (tertiary/aromatic N) is 3. The summed E-state index contributed by atoms with van der Waals surface area (Å²) >= 11 is 0. The van der Waals surface area contributed by atoms with Crippen LogP contribution in [0.15, 0.2) is 28.8 Å². The molecule has 2 N–H and O–H groups in total. The minimum atomic E-state index is -4.75. The highest BCUT2D eigenvalue weighted by molar-refractivity contribution is 5.84. The summed E-state index contributed by atoms with van der Waals surface area (Å²) in [6.07, 6.45) is -4.75. The standard InChI is InChI=1S/C14H11F3N4O2/c1-7-10(13-20-12(6-18)21-23-13)5-8-4-9(22-14(15,16)17)2-3-11(8)19-7/h2-5H,6,18H2,1H3. The summed E-state index contributed by atoms with van der Waals surface area (Å²) in [4.78, 5) is 8.42. The maximum absolute atomic E-state index is 12.3. The molecule has 0 unspecified atom stereocenters. The number of halogens is 3. The van der Waals surface area contributed by atoms with Crippen LogP contribution in [0.3, 0.4) is 0 Å². The molecule has 0 amide bonds. The average molecular weight is 324 g/mol. The fraction of sp³-hybridized carbons (Fsp3) is 0.214. The maximum atomic E-state index is 12.3. The first-order chi connectivity index (χ1) is 10.9. The third-order valence-corrected chi connectivity index (χ3v) is 3.09. The highest BCUT2D eigenvalue weighted by Crippen LogP contribution is 2.29. The van der Waals surface area contributed by atoms with Crippen LogP contribution in [0.2, 0.25) is 0 Å². The Balaban J connectivity index is 2.07. The van der Waals surface area contributed by atoms with E-state index in [0.717, 1.165) is 0 Å². The van der Waals surface area contributed by atoms with Crippen molar-refractivity contribution in [2.75, 3.05) is 0 Å². The second-order valence-corrected chi connectivity index (χ2v) is 4.74. The van der Waals surface area contributed by atoms with Crippen molar-refractivity contribution in [2.24, 2.45) is 5.73 Å². The molecule has 0 saturated carbocycles. The molecule has 3 aromatic rings. The zero-order chi connectivity index (χ0) is 16.6. The van der Waals surface area contributed by atoms with Crippen LogP contribution >= 0.6 is 0 Å². The molecular formula is C14H11F3N4O2. The topological polar surface area (TPSA) is 87.1 Å². The summed E-state index contributed by atoms with van der Waals surface area (Å²) in [5.41, 5.74) is 7.08. The van der Waals surface area contributed by atoms with E-state index in [1.54, 1.807) is 13.0 Å². The van der Waals surface area contributed by atoms with Crippen LogP contribution in [0.1, 0.15) is 11.5 Å². The monoisotopic (exact) mass is 324 g/mol. The van der Waals surface area contributed by atoms with E-state index < -0.39 is 6.36 Å². The number of rotatable bonds is 3. The van der Waals surface area contributed by atoms with Gasteiger partial charge in [0.1, 0.15) is 5.75 Å². The molecule has 0 aliphatic heterocycles. The molecule has 0 fully saturated rings. The number of benzene rings is 1. The van der Waals surface area contributed by atoms with E-state index in [2.05, 4.69) is 19.9 Å². The van der Waals surface area contributed by atoms with Gasteiger partial charge in [0, 0.05) is 5.39 Å². The van der Waals surface area contributed by atoms with Crippen LogP contribution in [-0.2, 0) is 6.54 Å². The predicted molar refractivity (Wildman–Crippen MR) is 74.3 cm³/mol. The summed E-state index contributed by atoms with van der Waals surface area (Å²) < 4.78 is 45.9. The first-order valence-corrected chi connectivity index (χ1v) is 6.56. The van der Waals surface area contributed by atoms with E-state index in [4.69, 9.17) is 10.3 Å². The Morgan fingerprint density at radius 3 is 2.65 bits per heavy atom. The fourth-order valence-corrected chi connectivity index (χ4v) is 2.11. The molecule has 0 radical (unpaired) electrons. The van der Waals surface area contributed by atoms with Gasteiger partial charge in [0.2, 0.25) is 0 Å². The van der Waals surface area contributed by atoms with Gasteiger partial charge in [-0.05, 0) is 31.2 Å². The van der Waals surface area contributed by atoms with E-state index in [-0.39, 0.29) is 18.2 Å². The van der Waals surface area contributed by atoms with Crippen LogP contribution in [0.5, 0.6) is 5.75 Å². The van der Waals surface area contributed by atoms with E-state index in [0.29, 0.717) is 28.0 Å². The van der Waals surface area contributed by atoms with E-state index in [1.165, 1.54) is 18.2 Å². The highest BCUT2D eigenvalue weighted by Gasteiger charge is 2.31. The molecule has 1 aromatic carbocycles. The van der Waals surface area contributed by atoms with Crippen LogP contribution in [0.25, 0.3) is 22.4 Å². The number of aryl methyl sites for hydroxylation is 1. The van der Waals surface area contributed by atoms with E-state index in [9.17, 15) is 13.2 Å². The predicted octanol–water partition coefficient (Wildman–Crippen LogP) is 2.95. The molecule has 9 heteroatoms. The van der Waals surface area contributed by atoms with Gasteiger partial charge >= 0.3 is 6.36 Å². The van der Waals surface area contributed by atoms with Gasteiger partial charge in [-0.3, -0.25) is 4.98 Å². The van der Waals surface area contributed by atoms with Gasteiger partial charge in [-0.15, -0.1) is 13.2 Å². The number of nitrogens with two attached hydrogens (primary N) is 1. The zero-order valence-electron chi connectivity index (χ0n) is 11.9. The lowest BCUT2D eigenvalue weighted by Crippen LogP contribution is -2.17. The first-order valence-electron chi connectivity index (χ1n) is 6.56. The Kier molecular flexibility index (Phi) is 3.64. The van der Waals surface area contributed by atoms with Crippen molar-refractivity contribution < 1.29 is 22.4 Å². The normalized spacial score (nSPS) is 11.9. The Hall–Kier alpha value is -2.68. The Bertz CT molecular complexity index is 861. The molecule has 0 aliphatic rings. The van der Waals surface area contributed by atoms with Crippen LogP contribution < -0.4 is 10.5 Å². The molecule has 120 valence electrons. The molecular weight excluding hydrogens is 313 g/mol. The van der Waals surface area contributed by atoms with E-state index in [1.807, 2.05) is 0 Å². The average Bonchev–Trinajstić information content (AvgIpc) is 2.94. The summed E-state index contributed by atoms with van der Waals surface area (Å²) in [5.74, 6) is 0.211. The maximum Gasteiger partial charge on any atom is 0.573 e. The molecule has 23 heavy (non-hydrogen) atoms. The van der Waals surface area contributed by atoms with Gasteiger partial charge in [-0.2, -0.15) is 4.98 Å². The molecule has 0 spiro atoms. The fourth-order valence-electron chi connectivity index (χ4n) is 2.11. The number of ether oxygens (including phenoxy) is 1. The van der Waals surface area contributed by atoms with Gasteiger partial charge in [0.15, 0.2) is 5.82 Å². The van der Waals surface area contributed by atoms with Gasteiger partial charge < -0.3 is 15.0 Å². The Morgan fingerprint density at radius 1 is 1.22 bits per heavy atom. The van der Waals surface area contributed by atoms with Gasteiger partial charge in [0.05, 0.1) is 23.3 Å². The van der Waals surface area contributed by atoms with Crippen LogP contribution in [0, 0.1) is 6.92 Å². The van der Waals surface area contributed by atoms with Gasteiger partial charge in [-0.25, -0.2) is 0 Å². The number of hydrogen-bond acceptors (Lipinski definition) is 6. The number of aromatic nitrogens is 3. The van der Waals surface area contributed by atoms with Crippen molar-refractivity contribution in [1.29, 1.82) is 0 Å². The summed E-state index contributed by atoms with van der Waals surface area (Å²) in [6, 6.07) is 5.53. The molecule has 0 saturated heterocycles. The highest BCUT2D eigenvalue weighted by atomic mass is 19.4. The molecule has 0 bridgehead atoms. The molecule has 3 rings (SSSR count). The van der Waals surface area contributed by atoms with Crippen molar-refractivity contribution >= 4 is 10.9 Å². The lowest BCUT2D eigenvalue weighted by molar-refractivity contribution is -0.274. The molecule has 2 heterocycles. The number of pyridine rings is 1. The van der Waals surface area contributed by atoms with Crippen molar-refractivity contribution in [3.8, 4) is 17.2 Å². The number of alkyl halides is 3. The smallest absolute Gasteiger partial charge is 0.406 e. The van der Waals surface area contributed by atoms with Crippen molar-refractivity contribution in [3.05, 3.63) is 35.8 Å². The lowest BCUT2D eigenvalue weighted by atomic mass is 10.1. The Labute approximate surface area is 128 Å². The second kappa shape index (κ2) is 5.51. The quantitative estimate of drug-likeness (QED) is 0.797. The summed E-state index contributed by atoms with van der Waals surface area (Å²) in [6.45, 7) is 1.86.